The molecule has 3 heterocycles. The van der Waals surface area contributed by atoms with Crippen LogP contribution in [0, 0.1) is 6.92 Å². The highest BCUT2D eigenvalue weighted by Crippen LogP contribution is 2.33. The van der Waals surface area contributed by atoms with Crippen LogP contribution in [0.4, 0.5) is 0 Å². The number of ether oxygens (including phenoxy) is 2. The van der Waals surface area contributed by atoms with Gasteiger partial charge in [-0.25, -0.2) is 4.79 Å². The average molecular weight is 438 g/mol. The van der Waals surface area contributed by atoms with Crippen molar-refractivity contribution in [3.8, 4) is 0 Å². The largest absolute Gasteiger partial charge is 0.697 e. The molecular weight excluding hydrogens is 417 g/mol. The number of carbonyl (C=O) groups is 1. The Kier molecular flexibility index (Phi) is 7.22. The molecule has 3 rings (SSSR count). The van der Waals surface area contributed by atoms with Crippen LogP contribution in [0.5, 0.6) is 0 Å². The maximum Gasteiger partial charge on any atom is 0.697 e. The third-order valence-corrected chi connectivity index (χ3v) is 5.04. The number of aromatic nitrogens is 3. The Balaban J connectivity index is 1.63. The summed E-state index contributed by atoms with van der Waals surface area (Å²) >= 11 is 0. The Morgan fingerprint density at radius 3 is 2.87 bits per heavy atom. The highest BCUT2D eigenvalue weighted by atomic mass is 31.1. The zero-order chi connectivity index (χ0) is 21.7. The zero-order valence-electron chi connectivity index (χ0n) is 16.3. The number of aromatic amines is 1. The predicted molar refractivity (Wildman–Crippen MR) is 103 cm³/mol. The molecule has 0 spiro atoms. The van der Waals surface area contributed by atoms with Crippen molar-refractivity contribution in [2.24, 2.45) is 0 Å². The number of aryl methyl sites for hydroxylation is 1. The second-order valence-electron chi connectivity index (χ2n) is 6.61. The second-order valence-corrected chi connectivity index (χ2v) is 7.57. The normalized spacial score (nSPS) is 21.4. The van der Waals surface area contributed by atoms with Crippen LogP contribution in [0.1, 0.15) is 30.8 Å². The quantitative estimate of drug-likeness (QED) is 0.478. The first-order chi connectivity index (χ1) is 14.3. The van der Waals surface area contributed by atoms with Crippen LogP contribution in [-0.4, -0.2) is 39.3 Å². The lowest BCUT2D eigenvalue weighted by atomic mass is 10.2. The summed E-state index contributed by atoms with van der Waals surface area (Å²) in [5.74, 6) is -0.532. The molecule has 0 aromatic carbocycles. The number of nitrogens with one attached hydrogen (secondary N) is 1. The summed E-state index contributed by atoms with van der Waals surface area (Å²) in [5.41, 5.74) is -0.226. The standard InChI is InChI=1S/C18H20N3O8P/c1-11-8-21(18(24)20-17(11)23)16-7-14(28-12(2)22)15(29-16)10-27-30(25)26-9-13-5-3-4-6-19-13/h3-6,8,14-16H,7,9-10H2,1-2H3/p+1/t14-,15+,16+/m0/s1. The Labute approximate surface area is 171 Å². The van der Waals surface area contributed by atoms with Crippen molar-refractivity contribution in [1.82, 2.24) is 14.5 Å². The number of H-pyrrole nitrogens is 1. The molecule has 0 aliphatic carbocycles. The molecule has 1 aliphatic rings. The molecule has 1 aliphatic heterocycles. The topological polar surface area (TPSA) is 139 Å². The highest BCUT2D eigenvalue weighted by molar-refractivity contribution is 7.33. The Hall–Kier alpha value is -2.72. The molecular formula is C18H21N3O8P+. The van der Waals surface area contributed by atoms with E-state index in [4.69, 9.17) is 18.5 Å². The van der Waals surface area contributed by atoms with E-state index in [1.54, 1.807) is 31.3 Å². The third-order valence-electron chi connectivity index (χ3n) is 4.34. The lowest BCUT2D eigenvalue weighted by molar-refractivity contribution is -0.150. The minimum absolute atomic E-state index is 0.00359. The van der Waals surface area contributed by atoms with Crippen molar-refractivity contribution in [2.75, 3.05) is 6.61 Å². The SMILES string of the molecule is CC(=O)O[C@H]1C[C@H](n2cc(C)c(=O)[nH]c2=O)O[C@@H]1CO[P+](=O)OCc1ccccn1. The van der Waals surface area contributed by atoms with Crippen LogP contribution < -0.4 is 11.2 Å². The lowest BCUT2D eigenvalue weighted by Crippen LogP contribution is -2.33. The van der Waals surface area contributed by atoms with E-state index in [1.807, 2.05) is 0 Å². The van der Waals surface area contributed by atoms with Gasteiger partial charge < -0.3 is 9.47 Å². The van der Waals surface area contributed by atoms with Gasteiger partial charge in [0.05, 0.1) is 5.69 Å². The van der Waals surface area contributed by atoms with Crippen LogP contribution in [-0.2, 0) is 34.5 Å². The van der Waals surface area contributed by atoms with E-state index in [0.717, 1.165) is 0 Å². The second kappa shape index (κ2) is 9.86. The number of rotatable bonds is 8. The predicted octanol–water partition coefficient (Wildman–Crippen LogP) is 1.35. The molecule has 4 atom stereocenters. The number of nitrogens with zero attached hydrogens (tertiary/aromatic N) is 2. The fourth-order valence-corrected chi connectivity index (χ4v) is 3.51. The van der Waals surface area contributed by atoms with Crippen molar-refractivity contribution in [2.45, 2.75) is 45.3 Å². The van der Waals surface area contributed by atoms with Crippen LogP contribution in [0.3, 0.4) is 0 Å². The maximum absolute atomic E-state index is 12.1. The number of pyridine rings is 1. The van der Waals surface area contributed by atoms with Crippen LogP contribution in [0.25, 0.3) is 0 Å². The van der Waals surface area contributed by atoms with Gasteiger partial charge in [-0.15, -0.1) is 9.05 Å². The smallest absolute Gasteiger partial charge is 0.460 e. The average Bonchev–Trinajstić information content (AvgIpc) is 3.10. The van der Waals surface area contributed by atoms with Crippen molar-refractivity contribution in [1.29, 1.82) is 0 Å². The van der Waals surface area contributed by atoms with Crippen molar-refractivity contribution < 1.29 is 27.9 Å². The molecule has 0 amide bonds. The summed E-state index contributed by atoms with van der Waals surface area (Å²) in [6.07, 6.45) is 0.809. The minimum Gasteiger partial charge on any atom is -0.460 e. The molecule has 2 aromatic rings. The number of esters is 1. The molecule has 11 nitrogen and oxygen atoms in total. The van der Waals surface area contributed by atoms with Gasteiger partial charge in [0.15, 0.2) is 0 Å². The van der Waals surface area contributed by atoms with E-state index < -0.39 is 43.9 Å². The summed E-state index contributed by atoms with van der Waals surface area (Å²) in [6, 6.07) is 5.24. The first-order valence-corrected chi connectivity index (χ1v) is 10.2. The van der Waals surface area contributed by atoms with Gasteiger partial charge in [0.1, 0.15) is 31.6 Å². The third kappa shape index (κ3) is 5.67. The van der Waals surface area contributed by atoms with E-state index in [1.165, 1.54) is 17.7 Å². The summed E-state index contributed by atoms with van der Waals surface area (Å²) in [5, 5.41) is 0. The highest BCUT2D eigenvalue weighted by Gasteiger charge is 2.41. The van der Waals surface area contributed by atoms with Gasteiger partial charge in [0.25, 0.3) is 5.56 Å². The molecule has 0 bridgehead atoms. The van der Waals surface area contributed by atoms with E-state index in [-0.39, 0.29) is 19.6 Å². The molecule has 12 heteroatoms. The molecule has 2 aromatic heterocycles. The Morgan fingerprint density at radius 1 is 1.37 bits per heavy atom. The van der Waals surface area contributed by atoms with Crippen molar-refractivity contribution >= 4 is 14.2 Å². The molecule has 30 heavy (non-hydrogen) atoms. The van der Waals surface area contributed by atoms with Gasteiger partial charge in [0.2, 0.25) is 0 Å². The maximum atomic E-state index is 12.1. The van der Waals surface area contributed by atoms with Crippen LogP contribution in [0.15, 0.2) is 40.2 Å². The molecule has 1 fully saturated rings. The van der Waals surface area contributed by atoms with E-state index >= 15 is 0 Å². The number of hydrogen-bond donors (Lipinski definition) is 1. The zero-order valence-corrected chi connectivity index (χ0v) is 17.2. The van der Waals surface area contributed by atoms with E-state index in [9.17, 15) is 18.9 Å². The summed E-state index contributed by atoms with van der Waals surface area (Å²) in [7, 11) is -2.47. The first-order valence-electron chi connectivity index (χ1n) is 9.11. The monoisotopic (exact) mass is 438 g/mol. The summed E-state index contributed by atoms with van der Waals surface area (Å²) in [6.45, 7) is 2.61. The molecule has 1 saturated heterocycles. The van der Waals surface area contributed by atoms with Gasteiger partial charge >= 0.3 is 19.9 Å². The fourth-order valence-electron chi connectivity index (χ4n) is 2.93. The van der Waals surface area contributed by atoms with Crippen molar-refractivity contribution in [3.63, 3.8) is 0 Å². The summed E-state index contributed by atoms with van der Waals surface area (Å²) < 4.78 is 34.6. The summed E-state index contributed by atoms with van der Waals surface area (Å²) in [4.78, 5) is 41.4. The molecule has 160 valence electrons. The van der Waals surface area contributed by atoms with E-state index in [2.05, 4.69) is 9.97 Å². The van der Waals surface area contributed by atoms with Crippen LogP contribution >= 0.6 is 8.25 Å². The minimum atomic E-state index is -2.47. The molecule has 0 saturated carbocycles. The number of carbonyl (C=O) groups excluding carboxylic acids is 1. The van der Waals surface area contributed by atoms with Gasteiger partial charge in [-0.2, -0.15) is 0 Å². The van der Waals surface area contributed by atoms with Gasteiger partial charge in [-0.3, -0.25) is 24.1 Å². The Morgan fingerprint density at radius 2 is 2.17 bits per heavy atom. The molecule has 1 unspecified atom stereocenters. The van der Waals surface area contributed by atoms with Crippen molar-refractivity contribution in [3.05, 3.63) is 62.7 Å². The van der Waals surface area contributed by atoms with E-state index in [0.29, 0.717) is 11.3 Å². The van der Waals surface area contributed by atoms with Gasteiger partial charge in [-0.1, -0.05) is 6.07 Å². The fraction of sp³-hybridized carbons (Fsp3) is 0.444. The van der Waals surface area contributed by atoms with Gasteiger partial charge in [-0.05, 0) is 19.1 Å². The van der Waals surface area contributed by atoms with Gasteiger partial charge in [0, 0.05) is 35.9 Å². The lowest BCUT2D eigenvalue weighted by Gasteiger charge is -2.15. The van der Waals surface area contributed by atoms with Crippen LogP contribution in [0.2, 0.25) is 0 Å². The Bertz CT molecular complexity index is 1020. The molecule has 1 N–H and O–H groups in total. The first kappa shape index (κ1) is 22.0. The molecule has 0 radical (unpaired) electrons. The number of hydrogen-bond acceptors (Lipinski definition) is 9.